The molecule has 0 spiro atoms. The maximum Gasteiger partial charge on any atom is 0.145 e. The van der Waals surface area contributed by atoms with E-state index in [4.69, 9.17) is 10.6 Å². The largest absolute Gasteiger partial charge is 0.390 e. The van der Waals surface area contributed by atoms with Gasteiger partial charge < -0.3 is 10.6 Å². The molecule has 4 nitrogen and oxygen atoms in total. The molecule has 0 fully saturated rings. The number of hydrogen-bond acceptors (Lipinski definition) is 4. The Morgan fingerprint density at radius 1 is 1.35 bits per heavy atom. The van der Waals surface area contributed by atoms with Gasteiger partial charge in [0.2, 0.25) is 0 Å². The molecule has 2 N–H and O–H groups in total. The van der Waals surface area contributed by atoms with Gasteiger partial charge in [0.15, 0.2) is 0 Å². The van der Waals surface area contributed by atoms with Crippen LogP contribution in [-0.2, 0) is 4.84 Å². The number of rotatable bonds is 2. The van der Waals surface area contributed by atoms with E-state index in [-0.39, 0.29) is 6.10 Å². The number of nitrogens with two attached hydrogens (primary N) is 1. The summed E-state index contributed by atoms with van der Waals surface area (Å²) >= 11 is 0. The van der Waals surface area contributed by atoms with E-state index in [0.717, 1.165) is 28.6 Å². The van der Waals surface area contributed by atoms with E-state index < -0.39 is 0 Å². The molecule has 3 rings (SSSR count). The van der Waals surface area contributed by atoms with Gasteiger partial charge in [-0.25, -0.2) is 0 Å². The molecule has 0 amide bonds. The predicted molar refractivity (Wildman–Crippen MR) is 66.8 cm³/mol. The first-order valence-corrected chi connectivity index (χ1v) is 5.65. The van der Waals surface area contributed by atoms with Crippen LogP contribution in [0.25, 0.3) is 10.9 Å². The molecule has 1 unspecified atom stereocenters. The van der Waals surface area contributed by atoms with Crippen molar-refractivity contribution in [1.29, 1.82) is 0 Å². The number of fused-ring (bicyclic) bond motifs is 1. The lowest BCUT2D eigenvalue weighted by atomic mass is 10.0. The van der Waals surface area contributed by atoms with Gasteiger partial charge in [-0.05, 0) is 18.2 Å². The van der Waals surface area contributed by atoms with Crippen molar-refractivity contribution < 1.29 is 4.84 Å². The quantitative estimate of drug-likeness (QED) is 0.849. The number of oxime groups is 1. The van der Waals surface area contributed by atoms with Crippen molar-refractivity contribution in [2.45, 2.75) is 12.5 Å². The standard InChI is InChI=1S/C13H13N3O/c14-8-11-7-13(16-17-11)10-3-4-12-9(6-10)2-1-5-15-12/h1-6,11H,7-8,14H2. The van der Waals surface area contributed by atoms with Crippen LogP contribution in [0.15, 0.2) is 41.7 Å². The molecule has 17 heavy (non-hydrogen) atoms. The van der Waals surface area contributed by atoms with Crippen molar-refractivity contribution >= 4 is 16.6 Å². The molecular formula is C13H13N3O. The Hall–Kier alpha value is -1.94. The fourth-order valence-electron chi connectivity index (χ4n) is 1.98. The Kier molecular flexibility index (Phi) is 2.49. The monoisotopic (exact) mass is 227 g/mol. The van der Waals surface area contributed by atoms with E-state index in [0.29, 0.717) is 6.54 Å². The van der Waals surface area contributed by atoms with Crippen LogP contribution in [0.4, 0.5) is 0 Å². The van der Waals surface area contributed by atoms with Crippen LogP contribution >= 0.6 is 0 Å². The van der Waals surface area contributed by atoms with Gasteiger partial charge in [0.1, 0.15) is 6.10 Å². The highest BCUT2D eigenvalue weighted by Crippen LogP contribution is 2.19. The third-order valence-corrected chi connectivity index (χ3v) is 2.93. The van der Waals surface area contributed by atoms with Crippen molar-refractivity contribution in [1.82, 2.24) is 4.98 Å². The first-order valence-electron chi connectivity index (χ1n) is 5.65. The van der Waals surface area contributed by atoms with E-state index in [1.165, 1.54) is 0 Å². The molecule has 86 valence electrons. The van der Waals surface area contributed by atoms with Gasteiger partial charge in [-0.2, -0.15) is 0 Å². The maximum absolute atomic E-state index is 5.56. The topological polar surface area (TPSA) is 60.5 Å². The molecule has 1 aliphatic rings. The average molecular weight is 227 g/mol. The number of aromatic nitrogens is 1. The maximum atomic E-state index is 5.56. The summed E-state index contributed by atoms with van der Waals surface area (Å²) in [6.45, 7) is 0.502. The predicted octanol–water partition coefficient (Wildman–Crippen LogP) is 1.69. The zero-order valence-electron chi connectivity index (χ0n) is 9.34. The molecule has 0 bridgehead atoms. The second kappa shape index (κ2) is 4.14. The van der Waals surface area contributed by atoms with Gasteiger partial charge in [0, 0.05) is 30.1 Å². The zero-order valence-corrected chi connectivity index (χ0v) is 9.34. The normalized spacial score (nSPS) is 19.1. The highest BCUT2D eigenvalue weighted by molar-refractivity contribution is 6.03. The third-order valence-electron chi connectivity index (χ3n) is 2.93. The molecule has 2 aromatic rings. The lowest BCUT2D eigenvalue weighted by molar-refractivity contribution is 0.0918. The van der Waals surface area contributed by atoms with Gasteiger partial charge in [0.05, 0.1) is 11.2 Å². The van der Waals surface area contributed by atoms with Crippen molar-refractivity contribution in [2.24, 2.45) is 10.9 Å². The van der Waals surface area contributed by atoms with Crippen LogP contribution < -0.4 is 5.73 Å². The minimum absolute atomic E-state index is 0.0228. The van der Waals surface area contributed by atoms with E-state index in [1.807, 2.05) is 24.3 Å². The van der Waals surface area contributed by atoms with Gasteiger partial charge in [0.25, 0.3) is 0 Å². The summed E-state index contributed by atoms with van der Waals surface area (Å²) in [6, 6.07) is 10.1. The molecule has 1 aromatic heterocycles. The number of hydrogen-bond donors (Lipinski definition) is 1. The summed E-state index contributed by atoms with van der Waals surface area (Å²) in [4.78, 5) is 9.52. The van der Waals surface area contributed by atoms with Crippen LogP contribution in [0.1, 0.15) is 12.0 Å². The van der Waals surface area contributed by atoms with Crippen LogP contribution in [0.2, 0.25) is 0 Å². The van der Waals surface area contributed by atoms with Gasteiger partial charge in [-0.3, -0.25) is 4.98 Å². The fourth-order valence-corrected chi connectivity index (χ4v) is 1.98. The molecule has 2 heterocycles. The lowest BCUT2D eigenvalue weighted by Gasteiger charge is -2.03. The smallest absolute Gasteiger partial charge is 0.145 e. The van der Waals surface area contributed by atoms with Crippen LogP contribution in [-0.4, -0.2) is 23.3 Å². The van der Waals surface area contributed by atoms with E-state index >= 15 is 0 Å². The Morgan fingerprint density at radius 2 is 2.29 bits per heavy atom. The fraction of sp³-hybridized carbons (Fsp3) is 0.231. The van der Waals surface area contributed by atoms with Crippen molar-refractivity contribution in [3.05, 3.63) is 42.1 Å². The molecule has 1 atom stereocenters. The Bertz CT molecular complexity index is 580. The van der Waals surface area contributed by atoms with Gasteiger partial charge >= 0.3 is 0 Å². The first kappa shape index (κ1) is 10.2. The Labute approximate surface area is 99.1 Å². The second-order valence-electron chi connectivity index (χ2n) is 4.12. The van der Waals surface area contributed by atoms with Gasteiger partial charge in [-0.15, -0.1) is 0 Å². The number of benzene rings is 1. The molecule has 1 aromatic carbocycles. The molecule has 0 saturated carbocycles. The summed E-state index contributed by atoms with van der Waals surface area (Å²) < 4.78 is 0. The SMILES string of the molecule is NCC1CC(c2ccc3ncccc3c2)=NO1. The molecular weight excluding hydrogens is 214 g/mol. The third kappa shape index (κ3) is 1.87. The number of pyridine rings is 1. The van der Waals surface area contributed by atoms with Crippen molar-refractivity contribution in [3.8, 4) is 0 Å². The zero-order chi connectivity index (χ0) is 11.7. The summed E-state index contributed by atoms with van der Waals surface area (Å²) in [5, 5.41) is 5.20. The van der Waals surface area contributed by atoms with E-state index in [2.05, 4.69) is 16.2 Å². The molecule has 1 aliphatic heterocycles. The highest BCUT2D eigenvalue weighted by atomic mass is 16.6. The molecule has 4 heteroatoms. The first-order chi connectivity index (χ1) is 8.36. The molecule has 0 radical (unpaired) electrons. The highest BCUT2D eigenvalue weighted by Gasteiger charge is 2.20. The molecule has 0 aliphatic carbocycles. The summed E-state index contributed by atoms with van der Waals surface area (Å²) in [6.07, 6.45) is 2.60. The van der Waals surface area contributed by atoms with Crippen LogP contribution in [0.3, 0.4) is 0 Å². The summed E-state index contributed by atoms with van der Waals surface area (Å²) in [5.41, 5.74) is 8.60. The van der Waals surface area contributed by atoms with Gasteiger partial charge in [-0.1, -0.05) is 17.3 Å². The Morgan fingerprint density at radius 3 is 3.12 bits per heavy atom. The van der Waals surface area contributed by atoms with Crippen molar-refractivity contribution in [3.63, 3.8) is 0 Å². The summed E-state index contributed by atoms with van der Waals surface area (Å²) in [7, 11) is 0. The average Bonchev–Trinajstić information content (AvgIpc) is 2.87. The number of nitrogens with zero attached hydrogens (tertiary/aromatic N) is 2. The minimum Gasteiger partial charge on any atom is -0.390 e. The molecule has 0 saturated heterocycles. The lowest BCUT2D eigenvalue weighted by Crippen LogP contribution is -2.20. The van der Waals surface area contributed by atoms with Crippen LogP contribution in [0, 0.1) is 0 Å². The van der Waals surface area contributed by atoms with Crippen molar-refractivity contribution in [2.75, 3.05) is 6.54 Å². The van der Waals surface area contributed by atoms with E-state index in [9.17, 15) is 0 Å². The summed E-state index contributed by atoms with van der Waals surface area (Å²) in [5.74, 6) is 0. The second-order valence-corrected chi connectivity index (χ2v) is 4.12. The Balaban J connectivity index is 1.96. The van der Waals surface area contributed by atoms with Crippen LogP contribution in [0.5, 0.6) is 0 Å². The minimum atomic E-state index is 0.0228. The van der Waals surface area contributed by atoms with E-state index in [1.54, 1.807) is 6.20 Å².